The summed E-state index contributed by atoms with van der Waals surface area (Å²) in [4.78, 5) is 18.4. The number of aromatic nitrogens is 1. The number of hydrogen-bond acceptors (Lipinski definition) is 3. The predicted molar refractivity (Wildman–Crippen MR) is 84.9 cm³/mol. The molecule has 0 saturated carbocycles. The van der Waals surface area contributed by atoms with E-state index in [0.717, 1.165) is 18.4 Å². The van der Waals surface area contributed by atoms with Crippen LogP contribution in [-0.2, 0) is 0 Å². The van der Waals surface area contributed by atoms with Gasteiger partial charge in [0.25, 0.3) is 5.91 Å². The van der Waals surface area contributed by atoms with Crippen LogP contribution in [0.5, 0.6) is 5.75 Å². The number of likely N-dealkylation sites (tertiary alicyclic amines) is 1. The molecule has 120 valence electrons. The zero-order valence-corrected chi connectivity index (χ0v) is 13.0. The van der Waals surface area contributed by atoms with Gasteiger partial charge < -0.3 is 9.64 Å². The van der Waals surface area contributed by atoms with Crippen LogP contribution in [0.3, 0.4) is 0 Å². The van der Waals surface area contributed by atoms with Crippen LogP contribution < -0.4 is 4.74 Å². The Morgan fingerprint density at radius 2 is 2.09 bits per heavy atom. The molecule has 1 fully saturated rings. The van der Waals surface area contributed by atoms with E-state index in [1.54, 1.807) is 24.5 Å². The van der Waals surface area contributed by atoms with Crippen molar-refractivity contribution >= 4 is 5.91 Å². The fourth-order valence-corrected chi connectivity index (χ4v) is 2.77. The van der Waals surface area contributed by atoms with Crippen LogP contribution in [0.4, 0.5) is 4.39 Å². The van der Waals surface area contributed by atoms with Crippen LogP contribution in [0.15, 0.2) is 42.7 Å². The largest absolute Gasteiger partial charge is 0.490 e. The van der Waals surface area contributed by atoms with Gasteiger partial charge in [-0.05, 0) is 30.7 Å². The third-order valence-corrected chi connectivity index (χ3v) is 4.10. The number of carbonyl (C=O) groups is 1. The molecule has 1 aliphatic heterocycles. The first-order chi connectivity index (χ1) is 11.1. The minimum atomic E-state index is -0.304. The predicted octanol–water partition coefficient (Wildman–Crippen LogP) is 3.21. The summed E-state index contributed by atoms with van der Waals surface area (Å²) in [5.74, 6) is 0.250. The van der Waals surface area contributed by atoms with Crippen molar-refractivity contribution in [1.29, 1.82) is 0 Å². The molecule has 4 nitrogen and oxygen atoms in total. The standard InChI is InChI=1S/C18H19FN2O2/c1-13-5-8-20-12-17(13)18(22)21-9-6-15(7-10-21)23-16-4-2-3-14(19)11-16/h2-5,8,11-12,15H,6-7,9-10H2,1H3. The first-order valence-electron chi connectivity index (χ1n) is 7.75. The van der Waals surface area contributed by atoms with Crippen LogP contribution >= 0.6 is 0 Å². The fourth-order valence-electron chi connectivity index (χ4n) is 2.77. The molecule has 1 saturated heterocycles. The van der Waals surface area contributed by atoms with Crippen LogP contribution in [0.2, 0.25) is 0 Å². The molecule has 2 aromatic rings. The second-order valence-electron chi connectivity index (χ2n) is 5.76. The highest BCUT2D eigenvalue weighted by molar-refractivity contribution is 5.95. The van der Waals surface area contributed by atoms with Crippen molar-refractivity contribution in [3.8, 4) is 5.75 Å². The highest BCUT2D eigenvalue weighted by atomic mass is 19.1. The normalized spacial score (nSPS) is 15.5. The number of benzene rings is 1. The molecular formula is C18H19FN2O2. The molecule has 23 heavy (non-hydrogen) atoms. The second kappa shape index (κ2) is 6.77. The van der Waals surface area contributed by atoms with Crippen molar-refractivity contribution < 1.29 is 13.9 Å². The van der Waals surface area contributed by atoms with Gasteiger partial charge in [-0.1, -0.05) is 6.07 Å². The molecule has 0 radical (unpaired) electrons. The van der Waals surface area contributed by atoms with E-state index in [1.807, 2.05) is 17.9 Å². The highest BCUT2D eigenvalue weighted by Crippen LogP contribution is 2.21. The Kier molecular flexibility index (Phi) is 4.55. The number of amides is 1. The minimum Gasteiger partial charge on any atom is -0.490 e. The molecule has 1 aromatic carbocycles. The molecule has 0 spiro atoms. The Balaban J connectivity index is 1.58. The van der Waals surface area contributed by atoms with E-state index >= 15 is 0 Å². The summed E-state index contributed by atoms with van der Waals surface area (Å²) in [5.41, 5.74) is 1.58. The Morgan fingerprint density at radius 3 is 2.78 bits per heavy atom. The number of carbonyl (C=O) groups excluding carboxylic acids is 1. The van der Waals surface area contributed by atoms with E-state index in [-0.39, 0.29) is 17.8 Å². The number of rotatable bonds is 3. The monoisotopic (exact) mass is 314 g/mol. The molecule has 0 bridgehead atoms. The van der Waals surface area contributed by atoms with E-state index in [9.17, 15) is 9.18 Å². The number of nitrogens with zero attached hydrogens (tertiary/aromatic N) is 2. The molecule has 0 unspecified atom stereocenters. The lowest BCUT2D eigenvalue weighted by atomic mass is 10.1. The fraction of sp³-hybridized carbons (Fsp3) is 0.333. The van der Waals surface area contributed by atoms with Crippen molar-refractivity contribution in [2.75, 3.05) is 13.1 Å². The van der Waals surface area contributed by atoms with Crippen molar-refractivity contribution in [3.05, 3.63) is 59.7 Å². The maximum absolute atomic E-state index is 13.2. The van der Waals surface area contributed by atoms with Crippen LogP contribution in [0.1, 0.15) is 28.8 Å². The van der Waals surface area contributed by atoms with Gasteiger partial charge in [-0.3, -0.25) is 9.78 Å². The zero-order valence-electron chi connectivity index (χ0n) is 13.0. The Morgan fingerprint density at radius 1 is 1.30 bits per heavy atom. The quantitative estimate of drug-likeness (QED) is 0.873. The van der Waals surface area contributed by atoms with Gasteiger partial charge in [0.15, 0.2) is 0 Å². The summed E-state index contributed by atoms with van der Waals surface area (Å²) < 4.78 is 19.0. The number of hydrogen-bond donors (Lipinski definition) is 0. The van der Waals surface area contributed by atoms with Crippen molar-refractivity contribution in [3.63, 3.8) is 0 Å². The van der Waals surface area contributed by atoms with Gasteiger partial charge in [0.1, 0.15) is 17.7 Å². The maximum atomic E-state index is 13.2. The average Bonchev–Trinajstić information content (AvgIpc) is 2.55. The topological polar surface area (TPSA) is 42.4 Å². The highest BCUT2D eigenvalue weighted by Gasteiger charge is 2.25. The third-order valence-electron chi connectivity index (χ3n) is 4.10. The second-order valence-corrected chi connectivity index (χ2v) is 5.76. The number of aryl methyl sites for hydroxylation is 1. The number of pyridine rings is 1. The van der Waals surface area contributed by atoms with Crippen molar-refractivity contribution in [1.82, 2.24) is 9.88 Å². The Hall–Kier alpha value is -2.43. The Labute approximate surface area is 134 Å². The third kappa shape index (κ3) is 3.67. The summed E-state index contributed by atoms with van der Waals surface area (Å²) >= 11 is 0. The van der Waals surface area contributed by atoms with Gasteiger partial charge in [0.2, 0.25) is 0 Å². The summed E-state index contributed by atoms with van der Waals surface area (Å²) in [7, 11) is 0. The lowest BCUT2D eigenvalue weighted by molar-refractivity contribution is 0.0594. The van der Waals surface area contributed by atoms with Crippen molar-refractivity contribution in [2.45, 2.75) is 25.9 Å². The maximum Gasteiger partial charge on any atom is 0.255 e. The summed E-state index contributed by atoms with van der Waals surface area (Å²) in [6.45, 7) is 3.18. The number of piperidine rings is 1. The van der Waals surface area contributed by atoms with Gasteiger partial charge in [-0.15, -0.1) is 0 Å². The molecule has 3 rings (SSSR count). The summed E-state index contributed by atoms with van der Waals surface area (Å²) in [6, 6.07) is 8.00. The van der Waals surface area contributed by atoms with Gasteiger partial charge in [0, 0.05) is 44.4 Å². The molecular weight excluding hydrogens is 295 g/mol. The zero-order chi connectivity index (χ0) is 16.2. The summed E-state index contributed by atoms with van der Waals surface area (Å²) in [5, 5.41) is 0. The molecule has 0 atom stereocenters. The minimum absolute atomic E-state index is 0.0100. The number of halogens is 1. The van der Waals surface area contributed by atoms with E-state index in [4.69, 9.17) is 4.74 Å². The van der Waals surface area contributed by atoms with Gasteiger partial charge in [-0.2, -0.15) is 0 Å². The molecule has 1 amide bonds. The summed E-state index contributed by atoms with van der Waals surface area (Å²) in [6.07, 6.45) is 4.79. The van der Waals surface area contributed by atoms with Crippen LogP contribution in [-0.4, -0.2) is 35.0 Å². The van der Waals surface area contributed by atoms with Crippen molar-refractivity contribution in [2.24, 2.45) is 0 Å². The molecule has 2 heterocycles. The first-order valence-corrected chi connectivity index (χ1v) is 7.75. The molecule has 0 N–H and O–H groups in total. The smallest absolute Gasteiger partial charge is 0.255 e. The lowest BCUT2D eigenvalue weighted by Crippen LogP contribution is -2.42. The van der Waals surface area contributed by atoms with E-state index in [1.165, 1.54) is 12.1 Å². The van der Waals surface area contributed by atoms with Crippen LogP contribution in [0, 0.1) is 12.7 Å². The van der Waals surface area contributed by atoms with Gasteiger partial charge >= 0.3 is 0 Å². The molecule has 1 aliphatic rings. The molecule has 5 heteroatoms. The average molecular weight is 314 g/mol. The van der Waals surface area contributed by atoms with E-state index in [2.05, 4.69) is 4.98 Å². The van der Waals surface area contributed by atoms with Gasteiger partial charge in [0.05, 0.1) is 5.56 Å². The first kappa shape index (κ1) is 15.5. The van der Waals surface area contributed by atoms with E-state index in [0.29, 0.717) is 24.4 Å². The number of ether oxygens (including phenoxy) is 1. The van der Waals surface area contributed by atoms with Crippen LogP contribution in [0.25, 0.3) is 0 Å². The SMILES string of the molecule is Cc1ccncc1C(=O)N1CCC(Oc2cccc(F)c2)CC1. The molecule has 0 aliphatic carbocycles. The molecule has 1 aromatic heterocycles. The van der Waals surface area contributed by atoms with E-state index < -0.39 is 0 Å². The lowest BCUT2D eigenvalue weighted by Gasteiger charge is -2.32. The van der Waals surface area contributed by atoms with Gasteiger partial charge in [-0.25, -0.2) is 4.39 Å². The Bertz CT molecular complexity index is 697.